The van der Waals surface area contributed by atoms with Crippen molar-refractivity contribution in [2.75, 3.05) is 13.7 Å². The predicted molar refractivity (Wildman–Crippen MR) is 183 cm³/mol. The molecule has 270 valence electrons. The number of ether oxygens (including phenoxy) is 2. The van der Waals surface area contributed by atoms with Crippen LogP contribution in [0.25, 0.3) is 10.8 Å². The van der Waals surface area contributed by atoms with E-state index in [2.05, 4.69) is 20.3 Å². The standard InChI is InChI=1S/C35H45N5O9S/c1-20-7-5-6-8-23-18-35(23,32(43)39-50(46,47)34(3)12-13-34)38-29(41)27-17-25(19-40(27)31(42)28(21(2)15-20)37-33(44)45)49-30-26-10-9-24(48-4)16-22(26)11-14-36-30/h6,8-11,14,16,20-21,23,25,27-28,37H,5,7,12-13,15,17-19H2,1-4H3,(H,38,41)(H,39,43)(H,44,45)/b8-6-/t20-,21-,23-,25-,27+,28+,35-/m1/s1. The molecule has 4 amide bonds. The summed E-state index contributed by atoms with van der Waals surface area (Å²) in [6, 6.07) is 4.91. The average molecular weight is 712 g/mol. The van der Waals surface area contributed by atoms with Crippen molar-refractivity contribution in [3.8, 4) is 11.6 Å². The molecule has 4 aliphatic rings. The number of methoxy groups -OCH3 is 1. The van der Waals surface area contributed by atoms with Gasteiger partial charge in [-0.3, -0.25) is 19.1 Å². The SMILES string of the molecule is COc1ccc2c(O[C@@H]3C[C@H]4C(=O)N[C@]5(C(=O)NS(=O)(=O)C6(C)CC6)C[C@H]5/C=C\CC[C@@H](C)C[C@@H](C)[C@H](NC(=O)O)C(=O)N4C3)nccc2c1. The molecular weight excluding hydrogens is 666 g/mol. The molecule has 0 unspecified atom stereocenters. The van der Waals surface area contributed by atoms with Gasteiger partial charge < -0.3 is 30.1 Å². The second-order valence-corrected chi connectivity index (χ2v) is 16.8. The van der Waals surface area contributed by atoms with Crippen LogP contribution in [0, 0.1) is 17.8 Å². The summed E-state index contributed by atoms with van der Waals surface area (Å²) in [6.45, 7) is 5.36. The van der Waals surface area contributed by atoms with Gasteiger partial charge in [-0.25, -0.2) is 18.2 Å². The zero-order valence-electron chi connectivity index (χ0n) is 28.7. The maximum Gasteiger partial charge on any atom is 0.405 e. The number of hydrogen-bond donors (Lipinski definition) is 4. The van der Waals surface area contributed by atoms with Crippen molar-refractivity contribution < 1.29 is 42.2 Å². The van der Waals surface area contributed by atoms with Gasteiger partial charge in [0.15, 0.2) is 0 Å². The van der Waals surface area contributed by atoms with Crippen molar-refractivity contribution in [1.82, 2.24) is 25.2 Å². The highest BCUT2D eigenvalue weighted by atomic mass is 32.2. The molecule has 7 atom stereocenters. The first-order valence-corrected chi connectivity index (χ1v) is 18.6. The van der Waals surface area contributed by atoms with Crippen molar-refractivity contribution in [3.63, 3.8) is 0 Å². The molecule has 0 bridgehead atoms. The van der Waals surface area contributed by atoms with E-state index in [9.17, 15) is 32.7 Å². The monoisotopic (exact) mass is 711 g/mol. The molecule has 3 heterocycles. The zero-order chi connectivity index (χ0) is 36.0. The van der Waals surface area contributed by atoms with Gasteiger partial charge in [0.05, 0.1) is 18.4 Å². The van der Waals surface area contributed by atoms with Crippen molar-refractivity contribution in [1.29, 1.82) is 0 Å². The van der Waals surface area contributed by atoms with Crippen LogP contribution in [-0.4, -0.2) is 89.4 Å². The molecule has 2 aromatic rings. The molecule has 2 aliphatic carbocycles. The Kier molecular flexibility index (Phi) is 9.48. The molecule has 2 saturated carbocycles. The third-order valence-corrected chi connectivity index (χ3v) is 12.9. The predicted octanol–water partition coefficient (Wildman–Crippen LogP) is 3.11. The topological polar surface area (TPSA) is 193 Å². The highest BCUT2D eigenvalue weighted by molar-refractivity contribution is 7.91. The van der Waals surface area contributed by atoms with Crippen LogP contribution in [0.4, 0.5) is 4.79 Å². The molecule has 1 aromatic heterocycles. The minimum atomic E-state index is -3.99. The number of nitrogens with one attached hydrogen (secondary N) is 3. The fourth-order valence-electron chi connectivity index (χ4n) is 7.24. The van der Waals surface area contributed by atoms with Crippen LogP contribution in [0.1, 0.15) is 65.7 Å². The lowest BCUT2D eigenvalue weighted by molar-refractivity contribution is -0.142. The number of pyridine rings is 1. The van der Waals surface area contributed by atoms with Gasteiger partial charge in [-0.15, -0.1) is 0 Å². The largest absolute Gasteiger partial charge is 0.497 e. The van der Waals surface area contributed by atoms with Gasteiger partial charge >= 0.3 is 6.09 Å². The number of sulfonamides is 1. The van der Waals surface area contributed by atoms with E-state index < -0.39 is 74.1 Å². The Balaban J connectivity index is 1.33. The molecule has 1 aromatic carbocycles. The molecule has 15 heteroatoms. The number of amides is 4. The quantitative estimate of drug-likeness (QED) is 0.310. The number of carbonyl (C=O) groups is 4. The summed E-state index contributed by atoms with van der Waals surface area (Å²) in [7, 11) is -2.43. The number of fused-ring (bicyclic) bond motifs is 3. The Hall–Kier alpha value is -4.40. The zero-order valence-corrected chi connectivity index (χ0v) is 29.5. The summed E-state index contributed by atoms with van der Waals surface area (Å²) in [5.41, 5.74) is -1.53. The molecule has 3 fully saturated rings. The lowest BCUT2D eigenvalue weighted by Gasteiger charge is -2.32. The van der Waals surface area contributed by atoms with Crippen LogP contribution in [0.15, 0.2) is 42.6 Å². The minimum absolute atomic E-state index is 0.0188. The molecule has 4 N–H and O–H groups in total. The fraction of sp³-hybridized carbons (Fsp3) is 0.571. The number of allylic oxidation sites excluding steroid dienone is 1. The number of benzene rings is 1. The highest BCUT2D eigenvalue weighted by Crippen LogP contribution is 2.47. The lowest BCUT2D eigenvalue weighted by atomic mass is 9.88. The first-order chi connectivity index (χ1) is 23.7. The van der Waals surface area contributed by atoms with Gasteiger partial charge in [0.1, 0.15) is 29.5 Å². The average Bonchev–Trinajstić information content (AvgIpc) is 3.95. The third kappa shape index (κ3) is 6.96. The third-order valence-electron chi connectivity index (χ3n) is 10.7. The molecule has 2 aliphatic heterocycles. The summed E-state index contributed by atoms with van der Waals surface area (Å²) in [4.78, 5) is 60.0. The number of nitrogens with zero attached hydrogens (tertiary/aromatic N) is 2. The molecular formula is C35H45N5O9S. The molecule has 6 rings (SSSR count). The Morgan fingerprint density at radius 1 is 1.14 bits per heavy atom. The smallest absolute Gasteiger partial charge is 0.405 e. The second kappa shape index (κ2) is 13.4. The Morgan fingerprint density at radius 2 is 1.90 bits per heavy atom. The normalized spacial score (nSPS) is 31.6. The summed E-state index contributed by atoms with van der Waals surface area (Å²) in [5, 5.41) is 16.5. The number of carbonyl (C=O) groups excluding carboxylic acids is 3. The van der Waals surface area contributed by atoms with E-state index in [1.807, 2.05) is 32.1 Å². The van der Waals surface area contributed by atoms with Crippen LogP contribution < -0.4 is 24.8 Å². The number of hydrogen-bond acceptors (Lipinski definition) is 9. The number of carboxylic acid groups (broad SMARTS) is 1. The Bertz CT molecular complexity index is 1830. The minimum Gasteiger partial charge on any atom is -0.497 e. The van der Waals surface area contributed by atoms with Crippen molar-refractivity contribution in [3.05, 3.63) is 42.6 Å². The van der Waals surface area contributed by atoms with Gasteiger partial charge in [-0.1, -0.05) is 26.0 Å². The van der Waals surface area contributed by atoms with Crippen molar-refractivity contribution >= 4 is 44.6 Å². The van der Waals surface area contributed by atoms with Crippen molar-refractivity contribution in [2.45, 2.75) is 94.2 Å². The number of rotatable bonds is 7. The van der Waals surface area contributed by atoms with Crippen molar-refractivity contribution in [2.24, 2.45) is 17.8 Å². The van der Waals surface area contributed by atoms with Crippen LogP contribution in [0.5, 0.6) is 11.6 Å². The van der Waals surface area contributed by atoms with Crippen LogP contribution >= 0.6 is 0 Å². The Morgan fingerprint density at radius 3 is 2.60 bits per heavy atom. The maximum absolute atomic E-state index is 14.3. The van der Waals surface area contributed by atoms with E-state index in [0.717, 1.165) is 11.8 Å². The first kappa shape index (κ1) is 35.4. The van der Waals surface area contributed by atoms with Crippen LogP contribution in [-0.2, 0) is 24.4 Å². The molecule has 0 radical (unpaired) electrons. The summed E-state index contributed by atoms with van der Waals surface area (Å²) >= 11 is 0. The maximum atomic E-state index is 14.3. The summed E-state index contributed by atoms with van der Waals surface area (Å²) < 4.78 is 39.0. The van der Waals surface area contributed by atoms with E-state index in [4.69, 9.17) is 9.47 Å². The van der Waals surface area contributed by atoms with E-state index >= 15 is 0 Å². The first-order valence-electron chi connectivity index (χ1n) is 17.1. The highest BCUT2D eigenvalue weighted by Gasteiger charge is 2.63. The molecule has 50 heavy (non-hydrogen) atoms. The lowest BCUT2D eigenvalue weighted by Crippen LogP contribution is -2.59. The van der Waals surface area contributed by atoms with E-state index in [-0.39, 0.29) is 31.2 Å². The van der Waals surface area contributed by atoms with Gasteiger partial charge in [0, 0.05) is 23.9 Å². The second-order valence-electron chi connectivity index (χ2n) is 14.6. The van der Waals surface area contributed by atoms with Gasteiger partial charge in [0.25, 0.3) is 5.91 Å². The van der Waals surface area contributed by atoms with Crippen LogP contribution in [0.2, 0.25) is 0 Å². The van der Waals surface area contributed by atoms with E-state index in [1.54, 1.807) is 38.4 Å². The van der Waals surface area contributed by atoms with E-state index in [1.165, 1.54) is 4.90 Å². The Labute approximate surface area is 291 Å². The molecule has 0 spiro atoms. The fourth-order valence-corrected chi connectivity index (χ4v) is 8.55. The van der Waals surface area contributed by atoms with Gasteiger partial charge in [-0.2, -0.15) is 0 Å². The summed E-state index contributed by atoms with van der Waals surface area (Å²) in [6.07, 6.45) is 6.28. The molecule has 14 nitrogen and oxygen atoms in total. The van der Waals surface area contributed by atoms with Crippen LogP contribution in [0.3, 0.4) is 0 Å². The molecule has 1 saturated heterocycles. The van der Waals surface area contributed by atoms with E-state index in [0.29, 0.717) is 36.8 Å². The summed E-state index contributed by atoms with van der Waals surface area (Å²) in [5.74, 6) is -1.86. The number of aromatic nitrogens is 1. The van der Waals surface area contributed by atoms with Gasteiger partial charge in [0.2, 0.25) is 27.7 Å². The van der Waals surface area contributed by atoms with Gasteiger partial charge in [-0.05, 0) is 86.9 Å².